The molecule has 1 saturated carbocycles. The summed E-state index contributed by atoms with van der Waals surface area (Å²) in [5.41, 5.74) is 0.528. The van der Waals surface area contributed by atoms with Gasteiger partial charge in [0.05, 0.1) is 5.69 Å². The number of carbonyl (C=O) groups is 2. The molecule has 26 heavy (non-hydrogen) atoms. The Morgan fingerprint density at radius 2 is 2.08 bits per heavy atom. The van der Waals surface area contributed by atoms with Gasteiger partial charge < -0.3 is 15.2 Å². The van der Waals surface area contributed by atoms with E-state index in [4.69, 9.17) is 4.74 Å². The quantitative estimate of drug-likeness (QED) is 0.737. The van der Waals surface area contributed by atoms with Gasteiger partial charge in [-0.05, 0) is 43.5 Å². The Balaban J connectivity index is 1.61. The van der Waals surface area contributed by atoms with Gasteiger partial charge in [0.1, 0.15) is 34.1 Å². The van der Waals surface area contributed by atoms with Crippen LogP contribution in [0.2, 0.25) is 0 Å². The number of aliphatic carboxylic acids is 1. The zero-order chi connectivity index (χ0) is 18.7. The van der Waals surface area contributed by atoms with Crippen LogP contribution < -0.4 is 10.1 Å². The van der Waals surface area contributed by atoms with Gasteiger partial charge in [-0.15, -0.1) is 11.3 Å². The highest BCUT2D eigenvalue weighted by Gasteiger charge is 2.31. The Hall–Kier alpha value is -2.48. The second kappa shape index (κ2) is 7.82. The lowest BCUT2D eigenvalue weighted by Crippen LogP contribution is -2.41. The van der Waals surface area contributed by atoms with Gasteiger partial charge in [-0.1, -0.05) is 12.8 Å². The van der Waals surface area contributed by atoms with Gasteiger partial charge in [0.25, 0.3) is 5.91 Å². The van der Waals surface area contributed by atoms with E-state index >= 15 is 0 Å². The van der Waals surface area contributed by atoms with Gasteiger partial charge in [0.2, 0.25) is 0 Å². The normalized spacial score (nSPS) is 14.7. The van der Waals surface area contributed by atoms with Gasteiger partial charge in [-0.25, -0.2) is 14.2 Å². The minimum absolute atomic E-state index is 0.148. The van der Waals surface area contributed by atoms with E-state index in [2.05, 4.69) is 10.3 Å². The van der Waals surface area contributed by atoms with E-state index in [1.54, 1.807) is 6.92 Å². The molecule has 0 spiro atoms. The highest BCUT2D eigenvalue weighted by atomic mass is 32.1. The molecule has 6 nitrogen and oxygen atoms in total. The number of nitrogens with zero attached hydrogens (tertiary/aromatic N) is 1. The van der Waals surface area contributed by atoms with Crippen molar-refractivity contribution >= 4 is 23.2 Å². The molecule has 1 atom stereocenters. The number of nitrogens with one attached hydrogen (secondary N) is 1. The van der Waals surface area contributed by atoms with Gasteiger partial charge >= 0.3 is 5.97 Å². The molecule has 0 bridgehead atoms. The van der Waals surface area contributed by atoms with Crippen LogP contribution in [-0.2, 0) is 11.4 Å². The number of aryl methyl sites for hydroxylation is 1. The fraction of sp³-hybridized carbons (Fsp3) is 0.389. The van der Waals surface area contributed by atoms with E-state index in [1.807, 2.05) is 0 Å². The largest absolute Gasteiger partial charge is 0.486 e. The molecular weight excluding hydrogens is 359 g/mol. The Morgan fingerprint density at radius 1 is 1.38 bits per heavy atom. The van der Waals surface area contributed by atoms with Gasteiger partial charge in [-0.2, -0.15) is 0 Å². The first-order valence-electron chi connectivity index (χ1n) is 8.30. The number of benzene rings is 1. The molecule has 8 heteroatoms. The van der Waals surface area contributed by atoms with Crippen molar-refractivity contribution in [2.24, 2.45) is 5.92 Å². The molecule has 1 unspecified atom stereocenters. The first-order chi connectivity index (χ1) is 12.4. The summed E-state index contributed by atoms with van der Waals surface area (Å²) in [6.45, 7) is 1.85. The van der Waals surface area contributed by atoms with Crippen LogP contribution in [0.3, 0.4) is 0 Å². The van der Waals surface area contributed by atoms with E-state index in [0.29, 0.717) is 33.7 Å². The SMILES string of the molecule is Cc1nc(COc2ccc(F)cc2)sc1C(=O)NC(CC1CC1)C(=O)O. The summed E-state index contributed by atoms with van der Waals surface area (Å²) in [7, 11) is 0. The lowest BCUT2D eigenvalue weighted by Gasteiger charge is -2.13. The van der Waals surface area contributed by atoms with Crippen LogP contribution in [0.15, 0.2) is 24.3 Å². The molecule has 1 amide bonds. The third-order valence-corrected chi connectivity index (χ3v) is 5.22. The number of hydrogen-bond donors (Lipinski definition) is 2. The molecule has 2 aromatic rings. The molecule has 1 aliphatic carbocycles. The van der Waals surface area contributed by atoms with Crippen molar-refractivity contribution in [1.29, 1.82) is 0 Å². The molecule has 0 saturated heterocycles. The van der Waals surface area contributed by atoms with Crippen molar-refractivity contribution in [2.45, 2.75) is 38.8 Å². The molecule has 1 aliphatic rings. The predicted octanol–water partition coefficient (Wildman–Crippen LogP) is 3.15. The summed E-state index contributed by atoms with van der Waals surface area (Å²) in [6, 6.07) is 4.74. The van der Waals surface area contributed by atoms with Crippen molar-refractivity contribution in [2.75, 3.05) is 0 Å². The number of rotatable bonds is 8. The number of thiazole rings is 1. The maximum Gasteiger partial charge on any atom is 0.326 e. The number of carbonyl (C=O) groups excluding carboxylic acids is 1. The van der Waals surface area contributed by atoms with Crippen LogP contribution in [0.1, 0.15) is 39.6 Å². The minimum atomic E-state index is -1.02. The van der Waals surface area contributed by atoms with E-state index in [-0.39, 0.29) is 12.4 Å². The smallest absolute Gasteiger partial charge is 0.326 e. The summed E-state index contributed by atoms with van der Waals surface area (Å²) < 4.78 is 18.4. The third-order valence-electron chi connectivity index (χ3n) is 4.09. The molecule has 138 valence electrons. The Morgan fingerprint density at radius 3 is 2.69 bits per heavy atom. The van der Waals surface area contributed by atoms with Crippen LogP contribution >= 0.6 is 11.3 Å². The van der Waals surface area contributed by atoms with Gasteiger partial charge in [0, 0.05) is 0 Å². The van der Waals surface area contributed by atoms with E-state index in [1.165, 1.54) is 24.3 Å². The summed E-state index contributed by atoms with van der Waals surface area (Å²) >= 11 is 1.16. The highest BCUT2D eigenvalue weighted by Crippen LogP contribution is 2.33. The van der Waals surface area contributed by atoms with Gasteiger partial charge in [0.15, 0.2) is 0 Å². The van der Waals surface area contributed by atoms with Crippen molar-refractivity contribution in [3.05, 3.63) is 45.7 Å². The van der Waals surface area contributed by atoms with E-state index in [9.17, 15) is 19.1 Å². The van der Waals surface area contributed by atoms with Crippen LogP contribution in [0, 0.1) is 18.7 Å². The molecule has 1 heterocycles. The van der Waals surface area contributed by atoms with Crippen LogP contribution in [0.5, 0.6) is 5.75 Å². The predicted molar refractivity (Wildman–Crippen MR) is 93.8 cm³/mol. The topological polar surface area (TPSA) is 88.5 Å². The zero-order valence-corrected chi connectivity index (χ0v) is 15.0. The van der Waals surface area contributed by atoms with Crippen molar-refractivity contribution < 1.29 is 23.8 Å². The molecular formula is C18H19FN2O4S. The molecule has 1 fully saturated rings. The Kier molecular flexibility index (Phi) is 5.51. The molecule has 1 aromatic carbocycles. The molecule has 0 radical (unpaired) electrons. The monoisotopic (exact) mass is 378 g/mol. The van der Waals surface area contributed by atoms with E-state index in [0.717, 1.165) is 24.2 Å². The number of halogens is 1. The van der Waals surface area contributed by atoms with Gasteiger partial charge in [-0.3, -0.25) is 4.79 Å². The van der Waals surface area contributed by atoms with Crippen LogP contribution in [-0.4, -0.2) is 28.0 Å². The second-order valence-electron chi connectivity index (χ2n) is 6.31. The lowest BCUT2D eigenvalue weighted by atomic mass is 10.1. The maximum atomic E-state index is 12.9. The Labute approximate surface area is 154 Å². The molecule has 2 N–H and O–H groups in total. The number of aromatic nitrogens is 1. The van der Waals surface area contributed by atoms with Crippen molar-refractivity contribution in [3.63, 3.8) is 0 Å². The number of hydrogen-bond acceptors (Lipinski definition) is 5. The number of carboxylic acid groups (broad SMARTS) is 1. The number of ether oxygens (including phenoxy) is 1. The van der Waals surface area contributed by atoms with Crippen molar-refractivity contribution in [1.82, 2.24) is 10.3 Å². The average Bonchev–Trinajstić information content (AvgIpc) is 3.34. The minimum Gasteiger partial charge on any atom is -0.486 e. The third kappa shape index (κ3) is 4.78. The standard InChI is InChI=1S/C18H19FN2O4S/c1-10-16(17(22)21-14(18(23)24)8-11-2-3-11)26-15(20-10)9-25-13-6-4-12(19)5-7-13/h4-7,11,14H,2-3,8-9H2,1H3,(H,21,22)(H,23,24). The summed E-state index contributed by atoms with van der Waals surface area (Å²) in [4.78, 5) is 28.4. The zero-order valence-electron chi connectivity index (χ0n) is 14.2. The summed E-state index contributed by atoms with van der Waals surface area (Å²) in [5.74, 6) is -0.909. The first-order valence-corrected chi connectivity index (χ1v) is 9.12. The van der Waals surface area contributed by atoms with Crippen LogP contribution in [0.4, 0.5) is 4.39 Å². The first kappa shape index (κ1) is 18.3. The number of amides is 1. The maximum absolute atomic E-state index is 12.9. The summed E-state index contributed by atoms with van der Waals surface area (Å²) in [5, 5.41) is 12.5. The Bertz CT molecular complexity index is 802. The highest BCUT2D eigenvalue weighted by molar-refractivity contribution is 7.13. The lowest BCUT2D eigenvalue weighted by molar-refractivity contribution is -0.139. The van der Waals surface area contributed by atoms with Crippen LogP contribution in [0.25, 0.3) is 0 Å². The second-order valence-corrected chi connectivity index (χ2v) is 7.39. The summed E-state index contributed by atoms with van der Waals surface area (Å²) in [6.07, 6.45) is 2.49. The van der Waals surface area contributed by atoms with Crippen molar-refractivity contribution in [3.8, 4) is 5.75 Å². The number of carboxylic acids is 1. The average molecular weight is 378 g/mol. The fourth-order valence-corrected chi connectivity index (χ4v) is 3.41. The molecule has 3 rings (SSSR count). The molecule has 0 aliphatic heterocycles. The fourth-order valence-electron chi connectivity index (χ4n) is 2.53. The molecule has 1 aromatic heterocycles. The van der Waals surface area contributed by atoms with E-state index < -0.39 is 17.9 Å².